The van der Waals surface area contributed by atoms with Gasteiger partial charge in [-0.25, -0.2) is 0 Å². The van der Waals surface area contributed by atoms with Gasteiger partial charge in [-0.3, -0.25) is 5.41 Å². The molecular weight excluding hydrogens is 103 g/mol. The molecule has 4 nitrogen and oxygen atoms in total. The maximum atomic E-state index is 7.10. The van der Waals surface area contributed by atoms with Crippen LogP contribution in [0.3, 0.4) is 0 Å². The molecule has 0 spiro atoms. The minimum atomic E-state index is 0.269. The fourth-order valence-electron chi connectivity index (χ4n) is 0.448. The van der Waals surface area contributed by atoms with Crippen LogP contribution in [0.5, 0.6) is 0 Å². The van der Waals surface area contributed by atoms with Crippen molar-refractivity contribution in [3.8, 4) is 0 Å². The number of nitrogens with one attached hydrogen (secondary N) is 1. The summed E-state index contributed by atoms with van der Waals surface area (Å²) in [6, 6.07) is 0. The zero-order valence-electron chi connectivity index (χ0n) is 4.55. The summed E-state index contributed by atoms with van der Waals surface area (Å²) in [7, 11) is 3.24. The third-order valence-corrected chi connectivity index (χ3v) is 0.965. The molecule has 0 atom stereocenters. The van der Waals surface area contributed by atoms with Gasteiger partial charge in [0.15, 0.2) is 5.84 Å². The standard InChI is InChI=1S/C3H6BN4/c1-8-3(6)2(5)7-4-8/h6H,1H3,(H2,5,7). The summed E-state index contributed by atoms with van der Waals surface area (Å²) in [4.78, 5) is 5.22. The van der Waals surface area contributed by atoms with E-state index in [1.165, 1.54) is 7.55 Å². The number of amidine groups is 2. The predicted octanol–water partition coefficient (Wildman–Crippen LogP) is -1.20. The molecule has 0 bridgehead atoms. The smallest absolute Gasteiger partial charge is 0.383 e. The van der Waals surface area contributed by atoms with Crippen molar-refractivity contribution >= 4 is 19.2 Å². The molecule has 0 unspecified atom stereocenters. The number of likely N-dealkylation sites (N-methyl/N-ethyl adjacent to an activating group) is 1. The summed E-state index contributed by atoms with van der Waals surface area (Å²) < 4.78 is 0. The highest BCUT2D eigenvalue weighted by Gasteiger charge is 2.16. The van der Waals surface area contributed by atoms with Crippen molar-refractivity contribution in [3.05, 3.63) is 0 Å². The van der Waals surface area contributed by atoms with Gasteiger partial charge in [0, 0.05) is 0 Å². The van der Waals surface area contributed by atoms with Gasteiger partial charge in [0.25, 0.3) is 0 Å². The molecule has 0 aromatic rings. The van der Waals surface area contributed by atoms with Gasteiger partial charge in [0.2, 0.25) is 0 Å². The topological polar surface area (TPSA) is 65.5 Å². The zero-order valence-corrected chi connectivity index (χ0v) is 4.55. The van der Waals surface area contributed by atoms with Crippen molar-refractivity contribution < 1.29 is 0 Å². The zero-order chi connectivity index (χ0) is 6.15. The van der Waals surface area contributed by atoms with Crippen LogP contribution < -0.4 is 5.73 Å². The maximum Gasteiger partial charge on any atom is 0.414 e. The van der Waals surface area contributed by atoms with Crippen LogP contribution in [-0.4, -0.2) is 31.1 Å². The van der Waals surface area contributed by atoms with Crippen molar-refractivity contribution in [1.29, 1.82) is 5.41 Å². The third kappa shape index (κ3) is 0.557. The van der Waals surface area contributed by atoms with Gasteiger partial charge in [-0.15, -0.1) is 0 Å². The first-order valence-electron chi connectivity index (χ1n) is 2.20. The summed E-state index contributed by atoms with van der Waals surface area (Å²) in [5.74, 6) is 0.553. The third-order valence-electron chi connectivity index (χ3n) is 0.965. The van der Waals surface area contributed by atoms with E-state index in [2.05, 4.69) is 4.90 Å². The quantitative estimate of drug-likeness (QED) is 0.383. The fourth-order valence-corrected chi connectivity index (χ4v) is 0.448. The summed E-state index contributed by atoms with van der Waals surface area (Å²) in [6.45, 7) is 0. The van der Waals surface area contributed by atoms with Crippen LogP contribution in [0, 0.1) is 5.41 Å². The van der Waals surface area contributed by atoms with E-state index in [0.717, 1.165) is 0 Å². The number of nitrogens with two attached hydrogens (primary N) is 1. The van der Waals surface area contributed by atoms with E-state index in [0.29, 0.717) is 0 Å². The minimum Gasteiger partial charge on any atom is -0.383 e. The highest BCUT2D eigenvalue weighted by Crippen LogP contribution is 1.91. The van der Waals surface area contributed by atoms with Gasteiger partial charge in [0.05, 0.1) is 0 Å². The first kappa shape index (κ1) is 5.15. The average Bonchev–Trinajstić information content (AvgIpc) is 1.98. The molecule has 0 fully saturated rings. The van der Waals surface area contributed by atoms with Crippen LogP contribution in [-0.2, 0) is 0 Å². The molecule has 0 aliphatic carbocycles. The largest absolute Gasteiger partial charge is 0.414 e. The lowest BCUT2D eigenvalue weighted by Gasteiger charge is -2.05. The minimum absolute atomic E-state index is 0.269. The molecule has 0 saturated heterocycles. The maximum absolute atomic E-state index is 7.10. The van der Waals surface area contributed by atoms with E-state index in [-0.39, 0.29) is 11.7 Å². The van der Waals surface area contributed by atoms with E-state index in [1.807, 2.05) is 0 Å². The van der Waals surface area contributed by atoms with Crippen LogP contribution in [0.4, 0.5) is 0 Å². The second kappa shape index (κ2) is 1.50. The van der Waals surface area contributed by atoms with Crippen molar-refractivity contribution in [2.24, 2.45) is 10.6 Å². The lowest BCUT2D eigenvalue weighted by molar-refractivity contribution is 0.811. The molecule has 8 heavy (non-hydrogen) atoms. The lowest BCUT2D eigenvalue weighted by atomic mass is 10.2. The van der Waals surface area contributed by atoms with E-state index in [1.54, 1.807) is 11.9 Å². The molecule has 1 aliphatic heterocycles. The fraction of sp³-hybridized carbons (Fsp3) is 0.333. The van der Waals surface area contributed by atoms with Crippen molar-refractivity contribution in [2.45, 2.75) is 0 Å². The van der Waals surface area contributed by atoms with Gasteiger partial charge >= 0.3 is 7.55 Å². The highest BCUT2D eigenvalue weighted by molar-refractivity contribution is 6.57. The van der Waals surface area contributed by atoms with Crippen molar-refractivity contribution in [3.63, 3.8) is 0 Å². The monoisotopic (exact) mass is 109 g/mol. The predicted molar refractivity (Wildman–Crippen MR) is 32.9 cm³/mol. The van der Waals surface area contributed by atoms with Crippen LogP contribution >= 0.6 is 0 Å². The molecule has 1 radical (unpaired) electrons. The van der Waals surface area contributed by atoms with Gasteiger partial charge in [-0.2, -0.15) is 0 Å². The van der Waals surface area contributed by atoms with Gasteiger partial charge in [-0.05, 0) is 7.05 Å². The number of hydrogen-bond acceptors (Lipinski definition) is 3. The Morgan fingerprint density at radius 1 is 1.88 bits per heavy atom. The Bertz CT molecular complexity index is 151. The normalized spacial score (nSPS) is 18.4. The van der Waals surface area contributed by atoms with E-state index < -0.39 is 0 Å². The molecule has 1 aliphatic rings. The molecule has 1 rings (SSSR count). The Balaban J connectivity index is 2.73. The number of nitrogens with zero attached hydrogens (tertiary/aromatic N) is 2. The summed E-state index contributed by atoms with van der Waals surface area (Å²) >= 11 is 0. The summed E-state index contributed by atoms with van der Waals surface area (Å²) in [6.07, 6.45) is 0. The number of hydrogen-bond donors (Lipinski definition) is 2. The van der Waals surface area contributed by atoms with Crippen LogP contribution in [0.1, 0.15) is 0 Å². The van der Waals surface area contributed by atoms with Gasteiger partial charge in [0.1, 0.15) is 5.84 Å². The first-order valence-corrected chi connectivity index (χ1v) is 2.20. The molecule has 1 heterocycles. The van der Waals surface area contributed by atoms with Crippen LogP contribution in [0.15, 0.2) is 4.90 Å². The summed E-state index contributed by atoms with van der Waals surface area (Å²) in [5, 5.41) is 7.10. The van der Waals surface area contributed by atoms with E-state index >= 15 is 0 Å². The molecular formula is C3H6BN4. The lowest BCUT2D eigenvalue weighted by Crippen LogP contribution is -2.30. The number of rotatable bonds is 0. The Labute approximate surface area is 48.2 Å². The summed E-state index contributed by atoms with van der Waals surface area (Å²) in [5.41, 5.74) is 5.22. The van der Waals surface area contributed by atoms with Crippen molar-refractivity contribution in [1.82, 2.24) is 4.81 Å². The second-order valence-electron chi connectivity index (χ2n) is 1.59. The van der Waals surface area contributed by atoms with Gasteiger partial charge < -0.3 is 15.4 Å². The molecule has 5 heteroatoms. The highest BCUT2D eigenvalue weighted by atomic mass is 15.2. The van der Waals surface area contributed by atoms with E-state index in [4.69, 9.17) is 11.1 Å². The molecule has 0 amide bonds. The Morgan fingerprint density at radius 2 is 2.50 bits per heavy atom. The molecule has 0 aromatic heterocycles. The van der Waals surface area contributed by atoms with Crippen LogP contribution in [0.2, 0.25) is 0 Å². The molecule has 3 N–H and O–H groups in total. The Hall–Kier alpha value is -0.995. The Kier molecular flexibility index (Phi) is 0.967. The van der Waals surface area contributed by atoms with E-state index in [9.17, 15) is 0 Å². The van der Waals surface area contributed by atoms with Crippen LogP contribution in [0.25, 0.3) is 0 Å². The molecule has 0 aromatic carbocycles. The SMILES string of the molecule is CN1[B]N=C(N)C1=N. The second-order valence-corrected chi connectivity index (χ2v) is 1.59. The first-order chi connectivity index (χ1) is 3.72. The van der Waals surface area contributed by atoms with Gasteiger partial charge in [-0.1, -0.05) is 0 Å². The average molecular weight is 109 g/mol. The Morgan fingerprint density at radius 3 is 2.62 bits per heavy atom. The molecule has 41 valence electrons. The van der Waals surface area contributed by atoms with Crippen molar-refractivity contribution in [2.75, 3.05) is 7.05 Å². The molecule has 0 saturated carbocycles.